The number of hydrogen-bond donors (Lipinski definition) is 2. The average molecular weight is 362 g/mol. The van der Waals surface area contributed by atoms with Crippen molar-refractivity contribution >= 4 is 33.2 Å². The van der Waals surface area contributed by atoms with E-state index in [1.54, 1.807) is 18.2 Å². The molecular formula is C14H12BrClF2N2. The van der Waals surface area contributed by atoms with Gasteiger partial charge in [0.05, 0.1) is 10.5 Å². The van der Waals surface area contributed by atoms with Gasteiger partial charge < -0.3 is 11.1 Å². The van der Waals surface area contributed by atoms with E-state index >= 15 is 0 Å². The van der Waals surface area contributed by atoms with Crippen LogP contribution in [0.15, 0.2) is 40.9 Å². The number of anilines is 1. The van der Waals surface area contributed by atoms with E-state index in [1.165, 1.54) is 18.2 Å². The van der Waals surface area contributed by atoms with Crippen LogP contribution in [0.5, 0.6) is 0 Å². The third-order valence-electron chi connectivity index (χ3n) is 2.78. The van der Waals surface area contributed by atoms with Gasteiger partial charge in [0.1, 0.15) is 11.6 Å². The molecule has 3 N–H and O–H groups in total. The minimum Gasteiger partial charge on any atom is -0.377 e. The van der Waals surface area contributed by atoms with Crippen LogP contribution in [0.2, 0.25) is 5.02 Å². The maximum atomic E-state index is 13.4. The lowest BCUT2D eigenvalue weighted by Gasteiger charge is -2.19. The van der Waals surface area contributed by atoms with Crippen LogP contribution in [0.25, 0.3) is 0 Å². The van der Waals surface area contributed by atoms with Crippen LogP contribution >= 0.6 is 27.5 Å². The van der Waals surface area contributed by atoms with Crippen LogP contribution < -0.4 is 11.1 Å². The second-order valence-electron chi connectivity index (χ2n) is 4.26. The van der Waals surface area contributed by atoms with Gasteiger partial charge in [-0.15, -0.1) is 0 Å². The van der Waals surface area contributed by atoms with Crippen LogP contribution in [0.4, 0.5) is 14.5 Å². The van der Waals surface area contributed by atoms with Gasteiger partial charge in [-0.3, -0.25) is 0 Å². The largest absolute Gasteiger partial charge is 0.377 e. The average Bonchev–Trinajstić information content (AvgIpc) is 2.38. The van der Waals surface area contributed by atoms with Gasteiger partial charge in [0.25, 0.3) is 0 Å². The summed E-state index contributed by atoms with van der Waals surface area (Å²) in [6.45, 7) is 0.245. The monoisotopic (exact) mass is 360 g/mol. The highest BCUT2D eigenvalue weighted by Gasteiger charge is 2.12. The maximum Gasteiger partial charge on any atom is 0.137 e. The Morgan fingerprint density at radius 1 is 1.20 bits per heavy atom. The molecule has 0 radical (unpaired) electrons. The van der Waals surface area contributed by atoms with Crippen LogP contribution in [0, 0.1) is 11.6 Å². The van der Waals surface area contributed by atoms with E-state index < -0.39 is 5.82 Å². The smallest absolute Gasteiger partial charge is 0.137 e. The molecule has 2 aromatic rings. The van der Waals surface area contributed by atoms with Crippen molar-refractivity contribution in [2.75, 3.05) is 11.9 Å². The highest BCUT2D eigenvalue weighted by atomic mass is 79.9. The molecule has 0 saturated carbocycles. The molecule has 20 heavy (non-hydrogen) atoms. The van der Waals surface area contributed by atoms with E-state index in [0.29, 0.717) is 20.7 Å². The van der Waals surface area contributed by atoms with E-state index in [-0.39, 0.29) is 18.4 Å². The van der Waals surface area contributed by atoms with Gasteiger partial charge in [-0.05, 0) is 57.9 Å². The first-order chi connectivity index (χ1) is 9.49. The Hall–Kier alpha value is -1.17. The molecule has 0 aliphatic heterocycles. The Morgan fingerprint density at radius 3 is 2.55 bits per heavy atom. The lowest BCUT2D eigenvalue weighted by molar-refractivity contribution is 0.620. The number of rotatable bonds is 4. The molecule has 0 amide bonds. The van der Waals surface area contributed by atoms with Gasteiger partial charge in [0.2, 0.25) is 0 Å². The summed E-state index contributed by atoms with van der Waals surface area (Å²) >= 11 is 8.94. The number of nitrogens with two attached hydrogens (primary N) is 1. The molecule has 0 spiro atoms. The molecular weight excluding hydrogens is 350 g/mol. The second kappa shape index (κ2) is 6.52. The van der Waals surface area contributed by atoms with Gasteiger partial charge in [0, 0.05) is 17.3 Å². The van der Waals surface area contributed by atoms with Gasteiger partial charge in [-0.1, -0.05) is 11.6 Å². The zero-order valence-corrected chi connectivity index (χ0v) is 12.7. The Balaban J connectivity index is 2.26. The lowest BCUT2D eigenvalue weighted by Crippen LogP contribution is -2.20. The number of hydrogen-bond acceptors (Lipinski definition) is 2. The predicted molar refractivity (Wildman–Crippen MR) is 80.9 cm³/mol. The van der Waals surface area contributed by atoms with Crippen molar-refractivity contribution in [2.45, 2.75) is 6.04 Å². The zero-order chi connectivity index (χ0) is 14.7. The lowest BCUT2D eigenvalue weighted by atomic mass is 10.1. The first kappa shape index (κ1) is 15.2. The maximum absolute atomic E-state index is 13.4. The molecule has 0 aliphatic rings. The van der Waals surface area contributed by atoms with Crippen molar-refractivity contribution in [1.29, 1.82) is 0 Å². The van der Waals surface area contributed by atoms with E-state index in [2.05, 4.69) is 21.2 Å². The molecule has 106 valence electrons. The third-order valence-corrected chi connectivity index (χ3v) is 3.61. The highest BCUT2D eigenvalue weighted by Crippen LogP contribution is 2.25. The molecule has 0 bridgehead atoms. The van der Waals surface area contributed by atoms with Crippen molar-refractivity contribution in [2.24, 2.45) is 5.73 Å². The number of benzene rings is 2. The minimum atomic E-state index is -0.423. The topological polar surface area (TPSA) is 38.0 Å². The molecule has 0 saturated heterocycles. The SMILES string of the molecule is NCC(Nc1ccc(F)c(Br)c1)c1cc(F)cc(Cl)c1. The standard InChI is InChI=1S/C14H12BrClF2N2/c15-12-6-11(1-2-13(12)18)20-14(7-19)8-3-9(16)5-10(17)4-8/h1-6,14,20H,7,19H2. The van der Waals surface area contributed by atoms with Gasteiger partial charge >= 0.3 is 0 Å². The summed E-state index contributed by atoms with van der Waals surface area (Å²) in [5.41, 5.74) is 7.02. The van der Waals surface area contributed by atoms with Crippen molar-refractivity contribution in [3.05, 3.63) is 63.1 Å². The van der Waals surface area contributed by atoms with E-state index in [4.69, 9.17) is 17.3 Å². The fourth-order valence-electron chi connectivity index (χ4n) is 1.84. The summed E-state index contributed by atoms with van der Waals surface area (Å²) < 4.78 is 26.9. The van der Waals surface area contributed by atoms with Gasteiger partial charge in [0.15, 0.2) is 0 Å². The quantitative estimate of drug-likeness (QED) is 0.842. The molecule has 0 aliphatic carbocycles. The molecule has 6 heteroatoms. The molecule has 2 rings (SSSR count). The zero-order valence-electron chi connectivity index (χ0n) is 10.3. The Labute approximate surface area is 129 Å². The summed E-state index contributed by atoms with van der Waals surface area (Å²) in [6, 6.07) is 8.44. The highest BCUT2D eigenvalue weighted by molar-refractivity contribution is 9.10. The summed E-state index contributed by atoms with van der Waals surface area (Å²) in [5.74, 6) is -0.776. The van der Waals surface area contributed by atoms with Crippen molar-refractivity contribution in [1.82, 2.24) is 0 Å². The van der Waals surface area contributed by atoms with E-state index in [1.807, 2.05) is 0 Å². The van der Waals surface area contributed by atoms with Crippen LogP contribution in [0.1, 0.15) is 11.6 Å². The molecule has 2 nitrogen and oxygen atoms in total. The second-order valence-corrected chi connectivity index (χ2v) is 5.56. The van der Waals surface area contributed by atoms with Crippen LogP contribution in [-0.2, 0) is 0 Å². The van der Waals surface area contributed by atoms with Gasteiger partial charge in [-0.25, -0.2) is 8.78 Å². The van der Waals surface area contributed by atoms with Crippen LogP contribution in [0.3, 0.4) is 0 Å². The normalized spacial score (nSPS) is 12.2. The first-order valence-electron chi connectivity index (χ1n) is 5.87. The van der Waals surface area contributed by atoms with Crippen LogP contribution in [-0.4, -0.2) is 6.54 Å². The number of halogens is 4. The van der Waals surface area contributed by atoms with Crippen molar-refractivity contribution < 1.29 is 8.78 Å². The van der Waals surface area contributed by atoms with E-state index in [0.717, 1.165) is 0 Å². The summed E-state index contributed by atoms with van der Waals surface area (Å²) in [6.07, 6.45) is 0. The number of nitrogens with one attached hydrogen (secondary N) is 1. The summed E-state index contributed by atoms with van der Waals surface area (Å²) in [4.78, 5) is 0. The molecule has 2 aromatic carbocycles. The predicted octanol–water partition coefficient (Wildman–Crippen LogP) is 4.49. The van der Waals surface area contributed by atoms with Gasteiger partial charge in [-0.2, -0.15) is 0 Å². The fraction of sp³-hybridized carbons (Fsp3) is 0.143. The van der Waals surface area contributed by atoms with Crippen molar-refractivity contribution in [3.8, 4) is 0 Å². The Bertz CT molecular complexity index is 602. The minimum absolute atomic E-state index is 0.245. The molecule has 0 heterocycles. The first-order valence-corrected chi connectivity index (χ1v) is 7.04. The Morgan fingerprint density at radius 2 is 1.95 bits per heavy atom. The van der Waals surface area contributed by atoms with Crippen molar-refractivity contribution in [3.63, 3.8) is 0 Å². The fourth-order valence-corrected chi connectivity index (χ4v) is 2.45. The summed E-state index contributed by atoms with van der Waals surface area (Å²) in [5, 5.41) is 3.43. The molecule has 1 unspecified atom stereocenters. The molecule has 0 aromatic heterocycles. The molecule has 0 fully saturated rings. The third kappa shape index (κ3) is 3.69. The Kier molecular flexibility index (Phi) is 4.96. The molecule has 1 atom stereocenters. The van der Waals surface area contributed by atoms with E-state index in [9.17, 15) is 8.78 Å². The summed E-state index contributed by atoms with van der Waals surface area (Å²) in [7, 11) is 0.